The predicted molar refractivity (Wildman–Crippen MR) is 88.9 cm³/mol. The molecule has 0 aromatic carbocycles. The highest BCUT2D eigenvalue weighted by Gasteiger charge is 2.29. The van der Waals surface area contributed by atoms with Gasteiger partial charge in [0.15, 0.2) is 0 Å². The van der Waals surface area contributed by atoms with Gasteiger partial charge in [0.25, 0.3) is 0 Å². The zero-order chi connectivity index (χ0) is 13.8. The van der Waals surface area contributed by atoms with Crippen LogP contribution in [0.2, 0.25) is 0 Å². The molecule has 1 aromatic rings. The fraction of sp³-hybridized carbons (Fsp3) is 0.750. The van der Waals surface area contributed by atoms with Crippen molar-refractivity contribution in [3.63, 3.8) is 0 Å². The zero-order valence-corrected chi connectivity index (χ0v) is 14.7. The average Bonchev–Trinajstić information content (AvgIpc) is 2.75. The van der Waals surface area contributed by atoms with Crippen molar-refractivity contribution in [1.82, 2.24) is 5.32 Å². The molecule has 3 atom stereocenters. The first kappa shape index (κ1) is 15.5. The number of halogens is 1. The molecule has 3 heteroatoms. The molecule has 3 unspecified atom stereocenters. The zero-order valence-electron chi connectivity index (χ0n) is 12.3. The van der Waals surface area contributed by atoms with Gasteiger partial charge in [0.1, 0.15) is 0 Å². The third kappa shape index (κ3) is 3.83. The van der Waals surface area contributed by atoms with Gasteiger partial charge in [-0.15, -0.1) is 11.3 Å². The van der Waals surface area contributed by atoms with Crippen LogP contribution in [0, 0.1) is 18.8 Å². The highest BCUT2D eigenvalue weighted by atomic mass is 79.9. The third-order valence-corrected chi connectivity index (χ3v) is 6.70. The lowest BCUT2D eigenvalue weighted by atomic mass is 9.76. The normalized spacial score (nSPS) is 25.5. The van der Waals surface area contributed by atoms with Gasteiger partial charge in [-0.05, 0) is 65.7 Å². The molecule has 1 nitrogen and oxygen atoms in total. The Morgan fingerprint density at radius 2 is 2.21 bits per heavy atom. The summed E-state index contributed by atoms with van der Waals surface area (Å²) in [5.41, 5.74) is 1.38. The Bertz CT molecular complexity index is 382. The molecule has 0 saturated heterocycles. The van der Waals surface area contributed by atoms with Crippen LogP contribution >= 0.6 is 27.3 Å². The van der Waals surface area contributed by atoms with Crippen LogP contribution < -0.4 is 5.32 Å². The van der Waals surface area contributed by atoms with Crippen LogP contribution in [0.4, 0.5) is 0 Å². The molecule has 0 amide bonds. The molecule has 0 aliphatic heterocycles. The summed E-state index contributed by atoms with van der Waals surface area (Å²) in [5.74, 6) is 1.77. The van der Waals surface area contributed by atoms with Crippen molar-refractivity contribution in [2.45, 2.75) is 58.9 Å². The number of hydrogen-bond donors (Lipinski definition) is 1. The molecule has 0 spiro atoms. The quantitative estimate of drug-likeness (QED) is 0.724. The highest BCUT2D eigenvalue weighted by molar-refractivity contribution is 9.11. The van der Waals surface area contributed by atoms with Crippen LogP contribution in [-0.4, -0.2) is 6.54 Å². The van der Waals surface area contributed by atoms with Crippen LogP contribution in [0.15, 0.2) is 9.85 Å². The molecule has 0 radical (unpaired) electrons. The predicted octanol–water partition coefficient (Wildman–Crippen LogP) is 5.69. The molecule has 1 saturated carbocycles. The largest absolute Gasteiger partial charge is 0.309 e. The number of nitrogens with one attached hydrogen (secondary N) is 1. The summed E-state index contributed by atoms with van der Waals surface area (Å²) in [6.07, 6.45) is 7.00. The smallest absolute Gasteiger partial charge is 0.0731 e. The molecule has 1 N–H and O–H groups in total. The van der Waals surface area contributed by atoms with Crippen LogP contribution in [-0.2, 0) is 0 Å². The highest BCUT2D eigenvalue weighted by Crippen LogP contribution is 2.41. The van der Waals surface area contributed by atoms with Gasteiger partial charge in [0.2, 0.25) is 0 Å². The molecule has 1 aromatic heterocycles. The topological polar surface area (TPSA) is 12.0 Å². The van der Waals surface area contributed by atoms with E-state index < -0.39 is 0 Å². The van der Waals surface area contributed by atoms with E-state index in [0.717, 1.165) is 18.4 Å². The minimum atomic E-state index is 0.564. The standard InChI is InChI=1S/C16H26BrNS/c1-4-12-7-6-8-13(10-12)15(18-5-2)14-9-11(3)16(17)19-14/h9,12-13,15,18H,4-8,10H2,1-3H3. The number of thiophene rings is 1. The summed E-state index contributed by atoms with van der Waals surface area (Å²) in [7, 11) is 0. The summed E-state index contributed by atoms with van der Waals surface area (Å²) in [4.78, 5) is 1.52. The fourth-order valence-corrected chi connectivity index (χ4v) is 5.10. The first-order chi connectivity index (χ1) is 9.15. The molecular formula is C16H26BrNS. The summed E-state index contributed by atoms with van der Waals surface area (Å²) in [6.45, 7) is 7.83. The van der Waals surface area contributed by atoms with E-state index in [0.29, 0.717) is 6.04 Å². The molecule has 108 valence electrons. The second-order valence-electron chi connectivity index (χ2n) is 5.84. The molecule has 1 heterocycles. The van der Waals surface area contributed by atoms with E-state index in [4.69, 9.17) is 0 Å². The van der Waals surface area contributed by atoms with E-state index in [9.17, 15) is 0 Å². The van der Waals surface area contributed by atoms with Crippen LogP contribution in [0.5, 0.6) is 0 Å². The second-order valence-corrected chi connectivity index (χ2v) is 8.24. The van der Waals surface area contributed by atoms with Crippen molar-refractivity contribution >= 4 is 27.3 Å². The molecule has 2 rings (SSSR count). The van der Waals surface area contributed by atoms with Gasteiger partial charge in [-0.3, -0.25) is 0 Å². The van der Waals surface area contributed by atoms with Crippen LogP contribution in [0.3, 0.4) is 0 Å². The van der Waals surface area contributed by atoms with E-state index in [2.05, 4.69) is 48.1 Å². The van der Waals surface area contributed by atoms with E-state index in [1.54, 1.807) is 0 Å². The summed E-state index contributed by atoms with van der Waals surface area (Å²) in [6, 6.07) is 2.94. The maximum Gasteiger partial charge on any atom is 0.0731 e. The Balaban J connectivity index is 2.14. The van der Waals surface area contributed by atoms with Gasteiger partial charge in [0, 0.05) is 10.9 Å². The molecule has 0 bridgehead atoms. The molecule has 1 fully saturated rings. The number of rotatable bonds is 5. The second kappa shape index (κ2) is 7.24. The minimum Gasteiger partial charge on any atom is -0.309 e. The maximum absolute atomic E-state index is 3.74. The number of hydrogen-bond acceptors (Lipinski definition) is 2. The molecule has 19 heavy (non-hydrogen) atoms. The molecular weight excluding hydrogens is 318 g/mol. The Hall–Kier alpha value is 0.140. The summed E-state index contributed by atoms with van der Waals surface area (Å²) in [5, 5.41) is 3.74. The monoisotopic (exact) mass is 343 g/mol. The Morgan fingerprint density at radius 3 is 2.79 bits per heavy atom. The van der Waals surface area contributed by atoms with Crippen molar-refractivity contribution in [2.75, 3.05) is 6.54 Å². The van der Waals surface area contributed by atoms with Crippen molar-refractivity contribution in [3.05, 3.63) is 20.3 Å². The summed E-state index contributed by atoms with van der Waals surface area (Å²) < 4.78 is 1.30. The lowest BCUT2D eigenvalue weighted by Crippen LogP contribution is -2.31. The van der Waals surface area contributed by atoms with Crippen molar-refractivity contribution in [2.24, 2.45) is 11.8 Å². The van der Waals surface area contributed by atoms with Crippen LogP contribution in [0.1, 0.15) is 62.4 Å². The minimum absolute atomic E-state index is 0.564. The Kier molecular flexibility index (Phi) is 5.91. The van der Waals surface area contributed by atoms with E-state index in [1.807, 2.05) is 11.3 Å². The SMILES string of the molecule is CCNC(c1cc(C)c(Br)s1)C1CCCC(CC)C1. The molecule has 1 aliphatic rings. The van der Waals surface area contributed by atoms with Crippen molar-refractivity contribution in [3.8, 4) is 0 Å². The Labute approximate surface area is 130 Å². The van der Waals surface area contributed by atoms with E-state index in [-0.39, 0.29) is 0 Å². The van der Waals surface area contributed by atoms with Crippen molar-refractivity contribution in [1.29, 1.82) is 0 Å². The van der Waals surface area contributed by atoms with Gasteiger partial charge >= 0.3 is 0 Å². The van der Waals surface area contributed by atoms with Crippen LogP contribution in [0.25, 0.3) is 0 Å². The van der Waals surface area contributed by atoms with Gasteiger partial charge in [-0.25, -0.2) is 0 Å². The number of aryl methyl sites for hydroxylation is 1. The van der Waals surface area contributed by atoms with Gasteiger partial charge < -0.3 is 5.32 Å². The van der Waals surface area contributed by atoms with Gasteiger partial charge in [0.05, 0.1) is 3.79 Å². The lowest BCUT2D eigenvalue weighted by Gasteiger charge is -2.34. The average molecular weight is 344 g/mol. The lowest BCUT2D eigenvalue weighted by molar-refractivity contribution is 0.212. The third-order valence-electron chi connectivity index (χ3n) is 4.48. The van der Waals surface area contributed by atoms with Crippen molar-refractivity contribution < 1.29 is 0 Å². The fourth-order valence-electron chi connectivity index (χ4n) is 3.36. The maximum atomic E-state index is 3.74. The van der Waals surface area contributed by atoms with Gasteiger partial charge in [-0.2, -0.15) is 0 Å². The van der Waals surface area contributed by atoms with E-state index >= 15 is 0 Å². The first-order valence-electron chi connectivity index (χ1n) is 7.64. The summed E-state index contributed by atoms with van der Waals surface area (Å²) >= 11 is 5.59. The first-order valence-corrected chi connectivity index (χ1v) is 9.25. The Morgan fingerprint density at radius 1 is 1.42 bits per heavy atom. The van der Waals surface area contributed by atoms with Gasteiger partial charge in [-0.1, -0.05) is 33.1 Å². The van der Waals surface area contributed by atoms with E-state index in [1.165, 1.54) is 46.3 Å². The molecule has 1 aliphatic carbocycles.